The van der Waals surface area contributed by atoms with Crippen LogP contribution in [-0.4, -0.2) is 23.4 Å². The number of nitrogens with zero attached hydrogens (tertiary/aromatic N) is 2. The Kier molecular flexibility index (Phi) is 3.36. The molecule has 112 valence electrons. The van der Waals surface area contributed by atoms with Crippen molar-refractivity contribution in [1.82, 2.24) is 9.78 Å². The van der Waals surface area contributed by atoms with Gasteiger partial charge in [-0.1, -0.05) is 0 Å². The van der Waals surface area contributed by atoms with E-state index in [1.165, 1.54) is 12.1 Å². The lowest BCUT2D eigenvalue weighted by molar-refractivity contribution is -0.137. The van der Waals surface area contributed by atoms with Crippen LogP contribution >= 0.6 is 0 Å². The molecule has 0 unspecified atom stereocenters. The summed E-state index contributed by atoms with van der Waals surface area (Å²) in [6.07, 6.45) is -3.49. The molecule has 0 amide bonds. The van der Waals surface area contributed by atoms with E-state index >= 15 is 0 Å². The second-order valence-corrected chi connectivity index (χ2v) is 4.84. The van der Waals surface area contributed by atoms with E-state index < -0.39 is 11.7 Å². The van der Waals surface area contributed by atoms with Crippen LogP contribution in [0.2, 0.25) is 0 Å². The molecular weight excluding hydrogens is 283 g/mol. The number of ether oxygens (including phenoxy) is 1. The molecule has 21 heavy (non-hydrogen) atoms. The second-order valence-electron chi connectivity index (χ2n) is 4.84. The number of fused-ring (bicyclic) bond motifs is 1. The van der Waals surface area contributed by atoms with Gasteiger partial charge in [-0.05, 0) is 30.7 Å². The zero-order chi connectivity index (χ0) is 15.0. The maximum atomic E-state index is 12.6. The molecular formula is C14H14F3N3O. The normalized spacial score (nSPS) is 14.1. The summed E-state index contributed by atoms with van der Waals surface area (Å²) < 4.78 is 44.5. The van der Waals surface area contributed by atoms with Crippen LogP contribution in [0, 0.1) is 0 Å². The molecule has 2 heterocycles. The third-order valence-electron chi connectivity index (χ3n) is 3.45. The molecule has 4 nitrogen and oxygen atoms in total. The Hall–Kier alpha value is -2.02. The second kappa shape index (κ2) is 5.07. The molecule has 1 N–H and O–H groups in total. The average Bonchev–Trinajstić information content (AvgIpc) is 3.02. The number of halogens is 3. The predicted molar refractivity (Wildman–Crippen MR) is 71.5 cm³/mol. The van der Waals surface area contributed by atoms with Crippen molar-refractivity contribution >= 4 is 5.82 Å². The van der Waals surface area contributed by atoms with Crippen molar-refractivity contribution in [3.8, 4) is 5.69 Å². The monoisotopic (exact) mass is 297 g/mol. The van der Waals surface area contributed by atoms with Crippen molar-refractivity contribution in [1.29, 1.82) is 0 Å². The minimum Gasteiger partial charge on any atom is -0.378 e. The molecule has 0 radical (unpaired) electrons. The number of hydrogen-bond acceptors (Lipinski definition) is 3. The Labute approximate surface area is 119 Å². The van der Waals surface area contributed by atoms with Gasteiger partial charge in [-0.25, -0.2) is 4.68 Å². The summed E-state index contributed by atoms with van der Waals surface area (Å²) in [6, 6.07) is 4.97. The summed E-state index contributed by atoms with van der Waals surface area (Å²) in [5.74, 6) is 0.835. The molecule has 0 atom stereocenters. The van der Waals surface area contributed by atoms with Crippen molar-refractivity contribution in [3.63, 3.8) is 0 Å². The zero-order valence-corrected chi connectivity index (χ0v) is 11.4. The molecule has 7 heteroatoms. The molecule has 1 aliphatic heterocycles. The van der Waals surface area contributed by atoms with Gasteiger partial charge in [0.1, 0.15) is 5.82 Å². The Balaban J connectivity index is 1.99. The van der Waals surface area contributed by atoms with Gasteiger partial charge >= 0.3 is 6.18 Å². The molecule has 0 fully saturated rings. The molecule has 0 spiro atoms. The molecule has 0 saturated heterocycles. The van der Waals surface area contributed by atoms with Crippen molar-refractivity contribution < 1.29 is 17.9 Å². The van der Waals surface area contributed by atoms with E-state index in [1.54, 1.807) is 11.8 Å². The van der Waals surface area contributed by atoms with Gasteiger partial charge in [-0.2, -0.15) is 18.3 Å². The maximum Gasteiger partial charge on any atom is 0.416 e. The van der Waals surface area contributed by atoms with E-state index in [0.29, 0.717) is 12.3 Å². The van der Waals surface area contributed by atoms with Crippen LogP contribution in [0.4, 0.5) is 19.0 Å². The predicted octanol–water partition coefficient (Wildman–Crippen LogP) is 3.01. The van der Waals surface area contributed by atoms with Crippen molar-refractivity contribution in [2.75, 3.05) is 19.0 Å². The summed E-state index contributed by atoms with van der Waals surface area (Å²) in [5, 5.41) is 7.65. The quantitative estimate of drug-likeness (QED) is 0.946. The standard InChI is InChI=1S/C14H14F3N3O/c1-21-8-12-11-6-7-18-13(11)20(19-12)10-4-2-9(3-5-10)14(15,16)17/h2-5,18H,6-8H2,1H3. The summed E-state index contributed by atoms with van der Waals surface area (Å²) >= 11 is 0. The van der Waals surface area contributed by atoms with Crippen LogP contribution in [0.5, 0.6) is 0 Å². The van der Waals surface area contributed by atoms with Gasteiger partial charge in [0.05, 0.1) is 23.6 Å². The molecule has 1 aromatic heterocycles. The van der Waals surface area contributed by atoms with Gasteiger partial charge in [0.2, 0.25) is 0 Å². The number of methoxy groups -OCH3 is 1. The van der Waals surface area contributed by atoms with Gasteiger partial charge in [0.25, 0.3) is 0 Å². The van der Waals surface area contributed by atoms with E-state index in [0.717, 1.165) is 42.2 Å². The molecule has 0 aliphatic carbocycles. The van der Waals surface area contributed by atoms with Crippen molar-refractivity contribution in [2.45, 2.75) is 19.2 Å². The minimum absolute atomic E-state index is 0.387. The molecule has 0 saturated carbocycles. The number of hydrogen-bond donors (Lipinski definition) is 1. The maximum absolute atomic E-state index is 12.6. The van der Waals surface area contributed by atoms with Gasteiger partial charge < -0.3 is 10.1 Å². The highest BCUT2D eigenvalue weighted by molar-refractivity contribution is 5.57. The lowest BCUT2D eigenvalue weighted by Crippen LogP contribution is -2.07. The highest BCUT2D eigenvalue weighted by Crippen LogP contribution is 2.32. The van der Waals surface area contributed by atoms with Crippen LogP contribution in [0.25, 0.3) is 5.69 Å². The fourth-order valence-electron chi connectivity index (χ4n) is 2.48. The van der Waals surface area contributed by atoms with Crippen LogP contribution < -0.4 is 5.32 Å². The molecule has 1 aliphatic rings. The fourth-order valence-corrected chi connectivity index (χ4v) is 2.48. The molecule has 0 bridgehead atoms. The fraction of sp³-hybridized carbons (Fsp3) is 0.357. The zero-order valence-electron chi connectivity index (χ0n) is 11.4. The Bertz CT molecular complexity index is 647. The first kappa shape index (κ1) is 13.9. The third-order valence-corrected chi connectivity index (χ3v) is 3.45. The smallest absolute Gasteiger partial charge is 0.378 e. The lowest BCUT2D eigenvalue weighted by Gasteiger charge is -2.09. The van der Waals surface area contributed by atoms with Crippen LogP contribution in [0.3, 0.4) is 0 Å². The number of anilines is 1. The summed E-state index contributed by atoms with van der Waals surface area (Å²) in [6.45, 7) is 1.18. The summed E-state index contributed by atoms with van der Waals surface area (Å²) in [7, 11) is 1.59. The first-order valence-corrected chi connectivity index (χ1v) is 6.52. The lowest BCUT2D eigenvalue weighted by atomic mass is 10.2. The Morgan fingerprint density at radius 1 is 1.29 bits per heavy atom. The number of aromatic nitrogens is 2. The van der Waals surface area contributed by atoms with Gasteiger partial charge in [-0.15, -0.1) is 0 Å². The molecule has 2 aromatic rings. The first-order valence-electron chi connectivity index (χ1n) is 6.52. The number of benzene rings is 1. The number of rotatable bonds is 3. The topological polar surface area (TPSA) is 39.1 Å². The molecule has 1 aromatic carbocycles. The SMILES string of the molecule is COCc1nn(-c2ccc(C(F)(F)F)cc2)c2c1CCN2. The van der Waals surface area contributed by atoms with Gasteiger partial charge in [0.15, 0.2) is 0 Å². The Morgan fingerprint density at radius 3 is 2.62 bits per heavy atom. The van der Waals surface area contributed by atoms with Crippen molar-refractivity contribution in [3.05, 3.63) is 41.1 Å². The Morgan fingerprint density at radius 2 is 2.00 bits per heavy atom. The van der Waals surface area contributed by atoms with Crippen LogP contribution in [0.1, 0.15) is 16.8 Å². The average molecular weight is 297 g/mol. The van der Waals surface area contributed by atoms with Crippen LogP contribution in [-0.2, 0) is 23.9 Å². The number of nitrogens with one attached hydrogen (secondary N) is 1. The van der Waals surface area contributed by atoms with E-state index in [1.807, 2.05) is 0 Å². The van der Waals surface area contributed by atoms with E-state index in [4.69, 9.17) is 4.74 Å². The van der Waals surface area contributed by atoms with E-state index in [9.17, 15) is 13.2 Å². The minimum atomic E-state index is -4.33. The number of alkyl halides is 3. The first-order chi connectivity index (χ1) is 10.0. The summed E-state index contributed by atoms with van der Waals surface area (Å²) in [4.78, 5) is 0. The highest BCUT2D eigenvalue weighted by atomic mass is 19.4. The summed E-state index contributed by atoms with van der Waals surface area (Å²) in [5.41, 5.74) is 1.81. The highest BCUT2D eigenvalue weighted by Gasteiger charge is 2.30. The van der Waals surface area contributed by atoms with Gasteiger partial charge in [-0.3, -0.25) is 0 Å². The largest absolute Gasteiger partial charge is 0.416 e. The van der Waals surface area contributed by atoms with Gasteiger partial charge in [0, 0.05) is 19.2 Å². The third kappa shape index (κ3) is 2.49. The van der Waals surface area contributed by atoms with E-state index in [-0.39, 0.29) is 0 Å². The van der Waals surface area contributed by atoms with Crippen LogP contribution in [0.15, 0.2) is 24.3 Å². The molecule has 3 rings (SSSR count). The van der Waals surface area contributed by atoms with E-state index in [2.05, 4.69) is 10.4 Å². The van der Waals surface area contributed by atoms with Crippen molar-refractivity contribution in [2.24, 2.45) is 0 Å².